The van der Waals surface area contributed by atoms with Crippen LogP contribution < -0.4 is 5.56 Å². The summed E-state index contributed by atoms with van der Waals surface area (Å²) >= 11 is 0. The first-order chi connectivity index (χ1) is 10.3. The molecule has 4 heteroatoms. The maximum atomic E-state index is 12.3. The van der Waals surface area contributed by atoms with Crippen LogP contribution in [0.25, 0.3) is 16.7 Å². The highest BCUT2D eigenvalue weighted by molar-refractivity contribution is 5.83. The summed E-state index contributed by atoms with van der Waals surface area (Å²) in [4.78, 5) is 19.7. The molecule has 1 N–H and O–H groups in total. The van der Waals surface area contributed by atoms with Crippen LogP contribution in [0.4, 0.5) is 0 Å². The van der Waals surface area contributed by atoms with Crippen molar-refractivity contribution < 1.29 is 0 Å². The molecule has 2 heterocycles. The Kier molecular flexibility index (Phi) is 3.20. The third-order valence-corrected chi connectivity index (χ3v) is 4.34. The lowest BCUT2D eigenvalue weighted by Gasteiger charge is -2.15. The molecule has 0 aliphatic heterocycles. The fourth-order valence-electron chi connectivity index (χ4n) is 3.38. The number of H-pyrrole nitrogens is 1. The van der Waals surface area contributed by atoms with Crippen molar-refractivity contribution in [3.63, 3.8) is 0 Å². The number of fused-ring (bicyclic) bond motifs is 1. The summed E-state index contributed by atoms with van der Waals surface area (Å²) in [5, 5.41) is 0.683. The number of aromatic amines is 1. The van der Waals surface area contributed by atoms with Crippen LogP contribution in [0.1, 0.15) is 33.8 Å². The molecule has 0 spiro atoms. The zero-order chi connectivity index (χ0) is 16.2. The van der Waals surface area contributed by atoms with E-state index in [1.54, 1.807) is 0 Å². The minimum absolute atomic E-state index is 0.0655. The molecule has 0 aliphatic carbocycles. The maximum Gasteiger partial charge on any atom is 0.260 e. The third kappa shape index (κ3) is 1.98. The number of benzene rings is 1. The molecule has 1 aromatic carbocycles. The number of rotatable bonds is 1. The van der Waals surface area contributed by atoms with E-state index in [0.717, 1.165) is 22.6 Å². The summed E-state index contributed by atoms with van der Waals surface area (Å²) in [6.07, 6.45) is 0. The quantitative estimate of drug-likeness (QED) is 0.698. The van der Waals surface area contributed by atoms with Gasteiger partial charge in [0.1, 0.15) is 5.82 Å². The van der Waals surface area contributed by atoms with Crippen molar-refractivity contribution in [2.75, 3.05) is 0 Å². The Balaban J connectivity index is 2.53. The van der Waals surface area contributed by atoms with Crippen molar-refractivity contribution >= 4 is 11.0 Å². The van der Waals surface area contributed by atoms with Gasteiger partial charge in [0.05, 0.1) is 11.1 Å². The normalized spacial score (nSPS) is 11.4. The van der Waals surface area contributed by atoms with Crippen LogP contribution in [0.15, 0.2) is 16.9 Å². The molecule has 0 amide bonds. The zero-order valence-corrected chi connectivity index (χ0v) is 14.0. The smallest absolute Gasteiger partial charge is 0.260 e. The average Bonchev–Trinajstić information content (AvgIpc) is 2.62. The van der Waals surface area contributed by atoms with Crippen LogP contribution in [-0.2, 0) is 0 Å². The maximum absolute atomic E-state index is 12.3. The molecule has 3 aromatic rings. The van der Waals surface area contributed by atoms with Crippen molar-refractivity contribution in [3.05, 3.63) is 56.3 Å². The molecule has 3 rings (SSSR count). The van der Waals surface area contributed by atoms with Gasteiger partial charge in [0.15, 0.2) is 5.65 Å². The van der Waals surface area contributed by atoms with E-state index in [4.69, 9.17) is 0 Å². The van der Waals surface area contributed by atoms with E-state index in [1.807, 2.05) is 20.8 Å². The van der Waals surface area contributed by atoms with Gasteiger partial charge in [0.25, 0.3) is 5.56 Å². The molecule has 22 heavy (non-hydrogen) atoms. The fourth-order valence-corrected chi connectivity index (χ4v) is 3.38. The van der Waals surface area contributed by atoms with Gasteiger partial charge >= 0.3 is 0 Å². The van der Waals surface area contributed by atoms with E-state index in [-0.39, 0.29) is 5.56 Å². The number of hydrogen-bond donors (Lipinski definition) is 1. The van der Waals surface area contributed by atoms with Crippen LogP contribution in [0, 0.1) is 41.5 Å². The van der Waals surface area contributed by atoms with E-state index in [9.17, 15) is 4.79 Å². The van der Waals surface area contributed by atoms with Crippen molar-refractivity contribution in [2.45, 2.75) is 41.5 Å². The Labute approximate surface area is 129 Å². The van der Waals surface area contributed by atoms with E-state index in [0.29, 0.717) is 11.2 Å². The van der Waals surface area contributed by atoms with Gasteiger partial charge in [-0.2, -0.15) is 0 Å². The molecule has 114 valence electrons. The van der Waals surface area contributed by atoms with Crippen molar-refractivity contribution in [2.24, 2.45) is 0 Å². The van der Waals surface area contributed by atoms with Gasteiger partial charge in [-0.1, -0.05) is 17.7 Å². The van der Waals surface area contributed by atoms with Crippen molar-refractivity contribution in [1.82, 2.24) is 14.5 Å². The number of nitrogens with one attached hydrogen (secondary N) is 1. The Bertz CT molecular complexity index is 938. The van der Waals surface area contributed by atoms with Crippen LogP contribution in [0.3, 0.4) is 0 Å². The van der Waals surface area contributed by atoms with Gasteiger partial charge in [-0.15, -0.1) is 0 Å². The highest BCUT2D eigenvalue weighted by atomic mass is 16.1. The number of aryl methyl sites for hydroxylation is 5. The third-order valence-electron chi connectivity index (χ3n) is 4.34. The van der Waals surface area contributed by atoms with Gasteiger partial charge in [0, 0.05) is 5.69 Å². The highest BCUT2D eigenvalue weighted by Crippen LogP contribution is 2.29. The topological polar surface area (TPSA) is 50.7 Å². The molecule has 4 nitrogen and oxygen atoms in total. The van der Waals surface area contributed by atoms with E-state index < -0.39 is 0 Å². The second kappa shape index (κ2) is 4.83. The molecule has 0 saturated heterocycles. The van der Waals surface area contributed by atoms with Crippen LogP contribution in [0.2, 0.25) is 0 Å². The minimum Gasteiger partial charge on any atom is -0.310 e. The molecular formula is C18H21N3O. The SMILES string of the molecule is Cc1cc(C)c(-n2c(C)c(C)c3c(=O)[nH][13c]([13CH3])nc32)c(C)c1. The standard InChI is InChI=1S/C18H21N3O/c1-9-7-10(2)16(11(3)8-9)21-13(5)12(4)15-17(21)19-14(6)20-18(15)22/h7-8H,1-6H3,(H,19,20,22)/i6+1,14+1. The molecule has 0 saturated carbocycles. The zero-order valence-electron chi connectivity index (χ0n) is 14.0. The number of hydrogen-bond acceptors (Lipinski definition) is 2. The van der Waals surface area contributed by atoms with Crippen LogP contribution in [-0.4, -0.2) is 14.5 Å². The Morgan fingerprint density at radius 3 is 2.18 bits per heavy atom. The predicted molar refractivity (Wildman–Crippen MR) is 90.1 cm³/mol. The van der Waals surface area contributed by atoms with Gasteiger partial charge < -0.3 is 4.98 Å². The van der Waals surface area contributed by atoms with Crippen LogP contribution in [0.5, 0.6) is 0 Å². The monoisotopic (exact) mass is 297 g/mol. The van der Waals surface area contributed by atoms with Gasteiger partial charge in [0.2, 0.25) is 0 Å². The van der Waals surface area contributed by atoms with Crippen LogP contribution >= 0.6 is 0 Å². The summed E-state index contributed by atoms with van der Waals surface area (Å²) in [7, 11) is 0. The van der Waals surface area contributed by atoms with E-state index in [1.165, 1.54) is 16.7 Å². The molecular weight excluding hydrogens is 276 g/mol. The lowest BCUT2D eigenvalue weighted by Crippen LogP contribution is -2.11. The minimum atomic E-state index is -0.0655. The van der Waals surface area contributed by atoms with Gasteiger partial charge in [-0.05, 0) is 58.2 Å². The average molecular weight is 297 g/mol. The lowest BCUT2D eigenvalue weighted by atomic mass is 10.0. The van der Waals surface area contributed by atoms with E-state index in [2.05, 4.69) is 47.4 Å². The van der Waals surface area contributed by atoms with Gasteiger partial charge in [-0.3, -0.25) is 9.36 Å². The Morgan fingerprint density at radius 2 is 1.59 bits per heavy atom. The first-order valence-electron chi connectivity index (χ1n) is 7.48. The first-order valence-corrected chi connectivity index (χ1v) is 7.48. The molecule has 0 fully saturated rings. The first kappa shape index (κ1) is 14.6. The van der Waals surface area contributed by atoms with Crippen molar-refractivity contribution in [3.8, 4) is 5.69 Å². The lowest BCUT2D eigenvalue weighted by molar-refractivity contribution is 0.968. The second-order valence-corrected chi connectivity index (χ2v) is 6.14. The summed E-state index contributed by atoms with van der Waals surface area (Å²) < 4.78 is 2.12. The molecule has 0 aliphatic rings. The van der Waals surface area contributed by atoms with E-state index >= 15 is 0 Å². The van der Waals surface area contributed by atoms with Crippen molar-refractivity contribution in [1.29, 1.82) is 0 Å². The van der Waals surface area contributed by atoms with Gasteiger partial charge in [-0.25, -0.2) is 4.98 Å². The second-order valence-electron chi connectivity index (χ2n) is 6.14. The number of aromatic nitrogens is 3. The Morgan fingerprint density at radius 1 is 1.00 bits per heavy atom. The predicted octanol–water partition coefficient (Wildman–Crippen LogP) is 3.56. The molecule has 0 radical (unpaired) electrons. The largest absolute Gasteiger partial charge is 0.310 e. The summed E-state index contributed by atoms with van der Waals surface area (Å²) in [5.41, 5.74) is 7.48. The molecule has 0 atom stereocenters. The fraction of sp³-hybridized carbons (Fsp3) is 0.333. The molecule has 0 bridgehead atoms. The molecule has 2 aromatic heterocycles. The number of nitrogens with zero attached hydrogens (tertiary/aromatic N) is 2. The Hall–Kier alpha value is -2.36. The highest BCUT2D eigenvalue weighted by Gasteiger charge is 2.19. The summed E-state index contributed by atoms with van der Waals surface area (Å²) in [5.74, 6) is 0.638. The summed E-state index contributed by atoms with van der Waals surface area (Å²) in [6, 6.07) is 4.34. The summed E-state index contributed by atoms with van der Waals surface area (Å²) in [6.45, 7) is 12.2. The molecule has 0 unspecified atom stereocenters.